The number of halogens is 1. The molecule has 0 atom stereocenters. The van der Waals surface area contributed by atoms with E-state index in [0.717, 1.165) is 21.1 Å². The molecule has 0 amide bonds. The number of nitriles is 1. The maximum absolute atomic E-state index is 12.8. The van der Waals surface area contributed by atoms with Crippen LogP contribution in [0.25, 0.3) is 22.1 Å². The van der Waals surface area contributed by atoms with Gasteiger partial charge in [-0.25, -0.2) is 9.38 Å². The molecule has 0 aliphatic rings. The topological polar surface area (TPSA) is 67.4 Å². The number of benzene rings is 2. The lowest BCUT2D eigenvalue weighted by Gasteiger charge is -2.05. The van der Waals surface area contributed by atoms with Crippen molar-refractivity contribution in [2.24, 2.45) is 0 Å². The van der Waals surface area contributed by atoms with E-state index in [1.54, 1.807) is 16.5 Å². The number of ether oxygens (including phenoxy) is 1. The smallest absolute Gasteiger partial charge is 0.274 e. The molecule has 2 heterocycles. The minimum atomic E-state index is -0.111. The summed E-state index contributed by atoms with van der Waals surface area (Å²) < 4.78 is 8.50. The maximum Gasteiger partial charge on any atom is 0.274 e. The fourth-order valence-electron chi connectivity index (χ4n) is 2.63. The summed E-state index contributed by atoms with van der Waals surface area (Å²) in [5.74, 6) is 0.556. The van der Waals surface area contributed by atoms with Crippen molar-refractivity contribution in [1.82, 2.24) is 9.38 Å². The molecular weight excluding hydrogens is 402 g/mol. The van der Waals surface area contributed by atoms with E-state index in [9.17, 15) is 4.79 Å². The number of hydrogen-bond acceptors (Lipinski definition) is 5. The second-order valence-corrected chi connectivity index (χ2v) is 7.19. The number of aromatic nitrogens is 2. The molecule has 0 fully saturated rings. The number of para-hydroxylation sites is 2. The van der Waals surface area contributed by atoms with Crippen LogP contribution in [0.5, 0.6) is 5.75 Å². The molecule has 122 valence electrons. The van der Waals surface area contributed by atoms with Gasteiger partial charge in [-0.1, -0.05) is 39.4 Å². The minimum Gasteiger partial charge on any atom is -0.478 e. The molecule has 0 bridgehead atoms. The lowest BCUT2D eigenvalue weighted by Crippen LogP contribution is -2.22. The quantitative estimate of drug-likeness (QED) is 0.519. The van der Waals surface area contributed by atoms with Crippen molar-refractivity contribution in [1.29, 1.82) is 5.26 Å². The number of rotatable bonds is 3. The van der Waals surface area contributed by atoms with Crippen LogP contribution in [-0.2, 0) is 0 Å². The predicted molar refractivity (Wildman–Crippen MR) is 101 cm³/mol. The Morgan fingerprint density at radius 3 is 3.00 bits per heavy atom. The van der Waals surface area contributed by atoms with Crippen molar-refractivity contribution in [2.75, 3.05) is 6.61 Å². The highest BCUT2D eigenvalue weighted by atomic mass is 79.9. The highest BCUT2D eigenvalue weighted by Gasteiger charge is 2.11. The third-order valence-electron chi connectivity index (χ3n) is 3.70. The lowest BCUT2D eigenvalue weighted by atomic mass is 10.2. The number of hydrogen-bond donors (Lipinski definition) is 0. The third-order valence-corrected chi connectivity index (χ3v) is 5.16. The summed E-state index contributed by atoms with van der Waals surface area (Å²) in [6.45, 7) is -0.0505. The van der Waals surface area contributed by atoms with E-state index in [1.807, 2.05) is 42.5 Å². The molecule has 25 heavy (non-hydrogen) atoms. The molecule has 4 rings (SSSR count). The van der Waals surface area contributed by atoms with E-state index in [4.69, 9.17) is 10.00 Å². The average molecular weight is 412 g/mol. The molecule has 4 aromatic rings. The molecule has 2 aromatic carbocycles. The van der Waals surface area contributed by atoms with Crippen LogP contribution in [0.3, 0.4) is 0 Å². The van der Waals surface area contributed by atoms with Crippen molar-refractivity contribution in [3.05, 3.63) is 67.4 Å². The van der Waals surface area contributed by atoms with Gasteiger partial charge in [-0.15, -0.1) is 0 Å². The van der Waals surface area contributed by atoms with E-state index in [0.29, 0.717) is 15.2 Å². The molecule has 0 saturated heterocycles. The molecule has 0 unspecified atom stereocenters. The minimum absolute atomic E-state index is 0.0505. The molecule has 5 nitrogen and oxygen atoms in total. The molecule has 7 heteroatoms. The number of thiazole rings is 1. The molecule has 0 aliphatic carbocycles. The van der Waals surface area contributed by atoms with E-state index in [2.05, 4.69) is 20.9 Å². The van der Waals surface area contributed by atoms with Gasteiger partial charge in [0.1, 0.15) is 11.8 Å². The van der Waals surface area contributed by atoms with Crippen molar-refractivity contribution in [3.63, 3.8) is 0 Å². The molecule has 0 N–H and O–H groups in total. The maximum atomic E-state index is 12.8. The Kier molecular flexibility index (Phi) is 3.99. The van der Waals surface area contributed by atoms with E-state index >= 15 is 0 Å². The van der Waals surface area contributed by atoms with Gasteiger partial charge in [-0.05, 0) is 36.4 Å². The van der Waals surface area contributed by atoms with Crippen LogP contribution in [0.15, 0.2) is 51.7 Å². The molecule has 0 spiro atoms. The predicted octanol–water partition coefficient (Wildman–Crippen LogP) is 3.12. The normalized spacial score (nSPS) is 11.9. The summed E-state index contributed by atoms with van der Waals surface area (Å²) >= 11 is 4.75. The van der Waals surface area contributed by atoms with Crippen molar-refractivity contribution in [2.45, 2.75) is 0 Å². The standard InChI is InChI=1S/C18H10BrN3O2S/c19-12-5-6-15(24-8-7-20)11(9-12)10-16-17(23)22-14-4-2-1-3-13(14)21-18(22)25-16/h1-6,9-10H,8H2. The van der Waals surface area contributed by atoms with Gasteiger partial charge in [0.15, 0.2) is 11.6 Å². The summed E-state index contributed by atoms with van der Waals surface area (Å²) in [4.78, 5) is 18.0. The van der Waals surface area contributed by atoms with Gasteiger partial charge in [0.2, 0.25) is 0 Å². The zero-order chi connectivity index (χ0) is 17.4. The number of fused-ring (bicyclic) bond motifs is 3. The molecule has 0 saturated carbocycles. The van der Waals surface area contributed by atoms with Crippen LogP contribution in [0.4, 0.5) is 0 Å². The second kappa shape index (κ2) is 6.31. The second-order valence-electron chi connectivity index (χ2n) is 5.26. The van der Waals surface area contributed by atoms with Crippen LogP contribution in [0.2, 0.25) is 0 Å². The van der Waals surface area contributed by atoms with Crippen LogP contribution in [-0.4, -0.2) is 16.0 Å². The zero-order valence-corrected chi connectivity index (χ0v) is 15.2. The van der Waals surface area contributed by atoms with Crippen molar-refractivity contribution >= 4 is 49.3 Å². The van der Waals surface area contributed by atoms with Crippen LogP contribution in [0, 0.1) is 11.3 Å². The molecule has 2 aromatic heterocycles. The first kappa shape index (κ1) is 15.8. The third kappa shape index (κ3) is 2.80. The summed E-state index contributed by atoms with van der Waals surface area (Å²) in [5.41, 5.74) is 2.22. The largest absolute Gasteiger partial charge is 0.478 e. The van der Waals surface area contributed by atoms with Gasteiger partial charge in [0.25, 0.3) is 5.56 Å². The van der Waals surface area contributed by atoms with Crippen molar-refractivity contribution < 1.29 is 4.74 Å². The first-order chi connectivity index (χ1) is 12.2. The molecule has 0 aliphatic heterocycles. The fourth-order valence-corrected chi connectivity index (χ4v) is 3.98. The van der Waals surface area contributed by atoms with Gasteiger partial charge in [0, 0.05) is 10.0 Å². The van der Waals surface area contributed by atoms with Gasteiger partial charge >= 0.3 is 0 Å². The average Bonchev–Trinajstić information content (AvgIpc) is 3.11. The zero-order valence-electron chi connectivity index (χ0n) is 12.8. The van der Waals surface area contributed by atoms with Gasteiger partial charge in [-0.2, -0.15) is 5.26 Å². The van der Waals surface area contributed by atoms with E-state index in [1.165, 1.54) is 11.3 Å². The Balaban J connectivity index is 1.93. The molecule has 0 radical (unpaired) electrons. The van der Waals surface area contributed by atoms with E-state index < -0.39 is 0 Å². The van der Waals surface area contributed by atoms with Crippen molar-refractivity contribution in [3.8, 4) is 11.8 Å². The van der Waals surface area contributed by atoms with Crippen LogP contribution in [0.1, 0.15) is 5.56 Å². The highest BCUT2D eigenvalue weighted by molar-refractivity contribution is 9.10. The van der Waals surface area contributed by atoms with Gasteiger partial charge in [-0.3, -0.25) is 4.79 Å². The monoisotopic (exact) mass is 411 g/mol. The SMILES string of the molecule is N#CCOc1ccc(Br)cc1C=c1sc2nc3ccccc3n2c1=O. The summed E-state index contributed by atoms with van der Waals surface area (Å²) in [5, 5.41) is 8.72. The van der Waals surface area contributed by atoms with Crippen LogP contribution >= 0.6 is 27.3 Å². The van der Waals surface area contributed by atoms with Crippen LogP contribution < -0.4 is 14.8 Å². The number of imidazole rings is 1. The lowest BCUT2D eigenvalue weighted by molar-refractivity contribution is 0.367. The summed E-state index contributed by atoms with van der Waals surface area (Å²) in [6.07, 6.45) is 1.77. The Morgan fingerprint density at radius 1 is 1.32 bits per heavy atom. The Labute approximate surface area is 154 Å². The first-order valence-electron chi connectivity index (χ1n) is 7.38. The first-order valence-corrected chi connectivity index (χ1v) is 8.99. The summed E-state index contributed by atoms with van der Waals surface area (Å²) in [7, 11) is 0. The molecular formula is C18H10BrN3O2S. The Hall–Kier alpha value is -2.69. The highest BCUT2D eigenvalue weighted by Crippen LogP contribution is 2.24. The fraction of sp³-hybridized carbons (Fsp3) is 0.0556. The Bertz CT molecular complexity index is 1250. The number of nitrogens with zero attached hydrogens (tertiary/aromatic N) is 3. The Morgan fingerprint density at radius 2 is 2.16 bits per heavy atom. The van der Waals surface area contributed by atoms with Gasteiger partial charge in [0.05, 0.1) is 15.6 Å². The van der Waals surface area contributed by atoms with Gasteiger partial charge < -0.3 is 4.74 Å². The van der Waals surface area contributed by atoms with E-state index in [-0.39, 0.29) is 12.2 Å². The summed E-state index contributed by atoms with van der Waals surface area (Å²) in [6, 6.07) is 15.0.